The van der Waals surface area contributed by atoms with Crippen LogP contribution in [0.3, 0.4) is 0 Å². The second kappa shape index (κ2) is 3.97. The maximum absolute atomic E-state index is 6.05. The SMILES string of the molecule is CCCC(N)CN1CC2CCC1C2. The maximum Gasteiger partial charge on any atom is 0.0167 e. The van der Waals surface area contributed by atoms with Crippen molar-refractivity contribution < 1.29 is 0 Å². The van der Waals surface area contributed by atoms with E-state index in [9.17, 15) is 0 Å². The minimum absolute atomic E-state index is 0.421. The van der Waals surface area contributed by atoms with Crippen molar-refractivity contribution in [3.8, 4) is 0 Å². The van der Waals surface area contributed by atoms with E-state index < -0.39 is 0 Å². The molecular weight excluding hydrogens is 160 g/mol. The first-order valence-corrected chi connectivity index (χ1v) is 5.79. The van der Waals surface area contributed by atoms with E-state index in [4.69, 9.17) is 5.73 Å². The second-order valence-electron chi connectivity index (χ2n) is 4.84. The Kier molecular flexibility index (Phi) is 2.89. The van der Waals surface area contributed by atoms with E-state index in [0.29, 0.717) is 6.04 Å². The topological polar surface area (TPSA) is 29.3 Å². The van der Waals surface area contributed by atoms with E-state index in [2.05, 4.69) is 11.8 Å². The normalized spacial score (nSPS) is 35.5. The van der Waals surface area contributed by atoms with Gasteiger partial charge in [0.05, 0.1) is 0 Å². The molecule has 0 spiro atoms. The van der Waals surface area contributed by atoms with Gasteiger partial charge in [0.1, 0.15) is 0 Å². The van der Waals surface area contributed by atoms with Crippen LogP contribution in [0.25, 0.3) is 0 Å². The first-order chi connectivity index (χ1) is 6.29. The molecule has 2 bridgehead atoms. The smallest absolute Gasteiger partial charge is 0.0167 e. The summed E-state index contributed by atoms with van der Waals surface area (Å²) in [6.07, 6.45) is 6.78. The number of nitrogens with zero attached hydrogens (tertiary/aromatic N) is 1. The fourth-order valence-electron chi connectivity index (χ4n) is 3.01. The third-order valence-corrected chi connectivity index (χ3v) is 3.65. The highest BCUT2D eigenvalue weighted by atomic mass is 15.2. The number of fused-ring (bicyclic) bond motifs is 2. The molecule has 2 aliphatic rings. The Hall–Kier alpha value is -0.0800. The number of hydrogen-bond donors (Lipinski definition) is 1. The van der Waals surface area contributed by atoms with Crippen LogP contribution in [-0.4, -0.2) is 30.1 Å². The second-order valence-corrected chi connectivity index (χ2v) is 4.84. The Morgan fingerprint density at radius 1 is 1.46 bits per heavy atom. The molecule has 1 aliphatic heterocycles. The van der Waals surface area contributed by atoms with Crippen LogP contribution in [0.4, 0.5) is 0 Å². The van der Waals surface area contributed by atoms with Crippen LogP contribution in [0.2, 0.25) is 0 Å². The molecule has 0 amide bonds. The predicted octanol–water partition coefficient (Wildman–Crippen LogP) is 1.60. The predicted molar refractivity (Wildman–Crippen MR) is 55.6 cm³/mol. The average molecular weight is 182 g/mol. The van der Waals surface area contributed by atoms with Gasteiger partial charge in [-0.3, -0.25) is 4.90 Å². The van der Waals surface area contributed by atoms with E-state index in [1.165, 1.54) is 38.6 Å². The molecule has 1 aliphatic carbocycles. The third-order valence-electron chi connectivity index (χ3n) is 3.65. The molecule has 1 heterocycles. The van der Waals surface area contributed by atoms with Gasteiger partial charge in [-0.1, -0.05) is 13.3 Å². The van der Waals surface area contributed by atoms with E-state index in [1.54, 1.807) is 0 Å². The molecule has 1 saturated carbocycles. The Bertz CT molecular complexity index is 169. The van der Waals surface area contributed by atoms with Crippen LogP contribution in [0.1, 0.15) is 39.0 Å². The molecule has 2 nitrogen and oxygen atoms in total. The molecule has 1 saturated heterocycles. The summed E-state index contributed by atoms with van der Waals surface area (Å²) in [4.78, 5) is 2.63. The zero-order valence-electron chi connectivity index (χ0n) is 8.71. The first kappa shape index (κ1) is 9.47. The van der Waals surface area contributed by atoms with Gasteiger partial charge in [0.25, 0.3) is 0 Å². The molecule has 2 fully saturated rings. The molecular formula is C11H22N2. The van der Waals surface area contributed by atoms with Crippen molar-refractivity contribution in [1.29, 1.82) is 0 Å². The number of likely N-dealkylation sites (tertiary alicyclic amines) is 1. The monoisotopic (exact) mass is 182 g/mol. The van der Waals surface area contributed by atoms with Gasteiger partial charge in [0.2, 0.25) is 0 Å². The van der Waals surface area contributed by atoms with Crippen LogP contribution in [0, 0.1) is 5.92 Å². The summed E-state index contributed by atoms with van der Waals surface area (Å²) in [6, 6.07) is 1.32. The highest BCUT2D eigenvalue weighted by molar-refractivity contribution is 4.93. The fraction of sp³-hybridized carbons (Fsp3) is 1.00. The van der Waals surface area contributed by atoms with Crippen LogP contribution in [-0.2, 0) is 0 Å². The zero-order chi connectivity index (χ0) is 9.26. The van der Waals surface area contributed by atoms with Crippen molar-refractivity contribution >= 4 is 0 Å². The van der Waals surface area contributed by atoms with Crippen molar-refractivity contribution in [3.63, 3.8) is 0 Å². The molecule has 3 unspecified atom stereocenters. The third kappa shape index (κ3) is 2.05. The van der Waals surface area contributed by atoms with Gasteiger partial charge in [0.15, 0.2) is 0 Å². The van der Waals surface area contributed by atoms with E-state index >= 15 is 0 Å². The quantitative estimate of drug-likeness (QED) is 0.715. The van der Waals surface area contributed by atoms with Crippen molar-refractivity contribution in [3.05, 3.63) is 0 Å². The number of nitrogens with two attached hydrogens (primary N) is 1. The van der Waals surface area contributed by atoms with Crippen molar-refractivity contribution in [2.75, 3.05) is 13.1 Å². The molecule has 0 aromatic carbocycles. The lowest BCUT2D eigenvalue weighted by Crippen LogP contribution is -2.41. The average Bonchev–Trinajstić information content (AvgIpc) is 2.65. The summed E-state index contributed by atoms with van der Waals surface area (Å²) in [5.74, 6) is 1.01. The molecule has 76 valence electrons. The van der Waals surface area contributed by atoms with Crippen LogP contribution in [0.5, 0.6) is 0 Å². The van der Waals surface area contributed by atoms with E-state index in [0.717, 1.165) is 18.5 Å². The number of piperidine rings is 1. The highest BCUT2D eigenvalue weighted by Crippen LogP contribution is 2.37. The lowest BCUT2D eigenvalue weighted by atomic mass is 10.1. The number of hydrogen-bond acceptors (Lipinski definition) is 2. The molecule has 2 N–H and O–H groups in total. The molecule has 3 atom stereocenters. The molecule has 2 rings (SSSR count). The summed E-state index contributed by atoms with van der Waals surface area (Å²) in [7, 11) is 0. The summed E-state index contributed by atoms with van der Waals surface area (Å²) < 4.78 is 0. The van der Waals surface area contributed by atoms with Crippen molar-refractivity contribution in [2.24, 2.45) is 11.7 Å². The lowest BCUT2D eigenvalue weighted by Gasteiger charge is -2.29. The Balaban J connectivity index is 1.76. The number of rotatable bonds is 4. The van der Waals surface area contributed by atoms with Gasteiger partial charge in [-0.15, -0.1) is 0 Å². The Labute approximate surface area is 81.5 Å². The molecule has 0 radical (unpaired) electrons. The maximum atomic E-state index is 6.05. The summed E-state index contributed by atoms with van der Waals surface area (Å²) in [5.41, 5.74) is 6.05. The summed E-state index contributed by atoms with van der Waals surface area (Å²) in [5, 5.41) is 0. The van der Waals surface area contributed by atoms with Crippen molar-refractivity contribution in [1.82, 2.24) is 4.90 Å². The summed E-state index contributed by atoms with van der Waals surface area (Å²) >= 11 is 0. The Morgan fingerprint density at radius 3 is 2.85 bits per heavy atom. The highest BCUT2D eigenvalue weighted by Gasteiger charge is 2.37. The van der Waals surface area contributed by atoms with E-state index in [1.807, 2.05) is 0 Å². The van der Waals surface area contributed by atoms with Crippen LogP contribution < -0.4 is 5.73 Å². The molecule has 0 aromatic heterocycles. The molecule has 2 heteroatoms. The van der Waals surface area contributed by atoms with Gasteiger partial charge in [0, 0.05) is 25.2 Å². The van der Waals surface area contributed by atoms with Crippen LogP contribution >= 0.6 is 0 Å². The van der Waals surface area contributed by atoms with Gasteiger partial charge in [-0.05, 0) is 31.6 Å². The van der Waals surface area contributed by atoms with Crippen LogP contribution in [0.15, 0.2) is 0 Å². The minimum atomic E-state index is 0.421. The Morgan fingerprint density at radius 2 is 2.31 bits per heavy atom. The van der Waals surface area contributed by atoms with E-state index in [-0.39, 0.29) is 0 Å². The first-order valence-electron chi connectivity index (χ1n) is 5.79. The molecule has 0 aromatic rings. The molecule has 13 heavy (non-hydrogen) atoms. The largest absolute Gasteiger partial charge is 0.327 e. The summed E-state index contributed by atoms with van der Waals surface area (Å²) in [6.45, 7) is 4.70. The van der Waals surface area contributed by atoms with Gasteiger partial charge in [-0.25, -0.2) is 0 Å². The van der Waals surface area contributed by atoms with Gasteiger partial charge < -0.3 is 5.73 Å². The van der Waals surface area contributed by atoms with Crippen molar-refractivity contribution in [2.45, 2.75) is 51.1 Å². The van der Waals surface area contributed by atoms with Gasteiger partial charge in [-0.2, -0.15) is 0 Å². The zero-order valence-corrected chi connectivity index (χ0v) is 8.71. The van der Waals surface area contributed by atoms with Gasteiger partial charge >= 0.3 is 0 Å². The lowest BCUT2D eigenvalue weighted by molar-refractivity contribution is 0.198. The minimum Gasteiger partial charge on any atom is -0.327 e. The fourth-order valence-corrected chi connectivity index (χ4v) is 3.01. The standard InChI is InChI=1S/C11H22N2/c1-2-3-10(12)8-13-7-9-4-5-11(13)6-9/h9-11H,2-8,12H2,1H3.